The molecule has 2 rings (SSSR count). The molecule has 0 aliphatic carbocycles. The van der Waals surface area contributed by atoms with Crippen LogP contribution < -0.4 is 10.2 Å². The van der Waals surface area contributed by atoms with Gasteiger partial charge < -0.3 is 10.4 Å². The Bertz CT molecular complexity index is 949. The number of carbonyl (C=O) groups excluding carboxylic acids is 1. The van der Waals surface area contributed by atoms with E-state index in [1.807, 2.05) is 48.6 Å². The number of unbranched alkanes of at least 4 members (excludes halogenated alkanes) is 2. The van der Waals surface area contributed by atoms with Gasteiger partial charge in [0.15, 0.2) is 0 Å². The summed E-state index contributed by atoms with van der Waals surface area (Å²) in [6.07, 6.45) is 11.4. The molecule has 33 heavy (non-hydrogen) atoms. The van der Waals surface area contributed by atoms with E-state index in [1.54, 1.807) is 18.0 Å². The Morgan fingerprint density at radius 3 is 2.36 bits per heavy atom. The molecule has 0 spiro atoms. The van der Waals surface area contributed by atoms with E-state index in [0.29, 0.717) is 6.42 Å². The third-order valence-electron chi connectivity index (χ3n) is 5.52. The third kappa shape index (κ3) is 8.97. The molecule has 0 heterocycles. The fourth-order valence-corrected chi connectivity index (χ4v) is 3.68. The standard InChI is InChI=1S/C28H36N2O3/c1-23(31)30(24-15-7-4-8-16-24)22-14-6-12-20-28(2,3)25-17-10-11-18-26(25)29-21-13-5-9-19-27(32)33/h4,6-8,10-12,14-18,22,29H,5,9,13,19-21H2,1-3H3,(H,32,33)/b12-6+,22-14+. The summed E-state index contributed by atoms with van der Waals surface area (Å²) in [5.41, 5.74) is 3.14. The second-order valence-electron chi connectivity index (χ2n) is 8.76. The van der Waals surface area contributed by atoms with Crippen LogP contribution in [0.3, 0.4) is 0 Å². The van der Waals surface area contributed by atoms with Gasteiger partial charge in [0, 0.05) is 37.5 Å². The van der Waals surface area contributed by atoms with Gasteiger partial charge in [-0.25, -0.2) is 0 Å². The van der Waals surface area contributed by atoms with Crippen LogP contribution in [0.5, 0.6) is 0 Å². The van der Waals surface area contributed by atoms with Crippen molar-refractivity contribution < 1.29 is 14.7 Å². The number of para-hydroxylation sites is 2. The summed E-state index contributed by atoms with van der Waals surface area (Å²) in [5, 5.41) is 12.3. The van der Waals surface area contributed by atoms with Crippen molar-refractivity contribution >= 4 is 23.3 Å². The van der Waals surface area contributed by atoms with E-state index >= 15 is 0 Å². The zero-order valence-corrected chi connectivity index (χ0v) is 20.0. The maximum absolute atomic E-state index is 12.0. The maximum atomic E-state index is 12.0. The van der Waals surface area contributed by atoms with Crippen LogP contribution in [0.1, 0.15) is 58.4 Å². The molecular weight excluding hydrogens is 412 g/mol. The van der Waals surface area contributed by atoms with Crippen LogP contribution in [0.15, 0.2) is 79.0 Å². The van der Waals surface area contributed by atoms with Gasteiger partial charge >= 0.3 is 5.97 Å². The Kier molecular flexibility index (Phi) is 10.4. The molecular formula is C28H36N2O3. The van der Waals surface area contributed by atoms with Crippen molar-refractivity contribution in [3.05, 3.63) is 84.6 Å². The second kappa shape index (κ2) is 13.3. The number of nitrogens with zero attached hydrogens (tertiary/aromatic N) is 1. The maximum Gasteiger partial charge on any atom is 0.303 e. The third-order valence-corrected chi connectivity index (χ3v) is 5.52. The average Bonchev–Trinajstić information content (AvgIpc) is 2.79. The number of carbonyl (C=O) groups is 2. The van der Waals surface area contributed by atoms with E-state index in [2.05, 4.69) is 43.4 Å². The summed E-state index contributed by atoms with van der Waals surface area (Å²) >= 11 is 0. The first-order valence-electron chi connectivity index (χ1n) is 11.5. The predicted octanol–water partition coefficient (Wildman–Crippen LogP) is 6.53. The molecule has 0 saturated heterocycles. The fourth-order valence-electron chi connectivity index (χ4n) is 3.68. The van der Waals surface area contributed by atoms with E-state index in [9.17, 15) is 9.59 Å². The molecule has 0 atom stereocenters. The van der Waals surface area contributed by atoms with Gasteiger partial charge in [0.25, 0.3) is 0 Å². The number of allylic oxidation sites excluding steroid dienone is 3. The molecule has 0 aliphatic rings. The summed E-state index contributed by atoms with van der Waals surface area (Å²) in [7, 11) is 0. The van der Waals surface area contributed by atoms with Crippen molar-refractivity contribution in [1.29, 1.82) is 0 Å². The number of aliphatic carboxylic acids is 1. The minimum atomic E-state index is -0.730. The van der Waals surface area contributed by atoms with Crippen LogP contribution in [0, 0.1) is 0 Å². The summed E-state index contributed by atoms with van der Waals surface area (Å²) < 4.78 is 0. The molecule has 2 aromatic rings. The summed E-state index contributed by atoms with van der Waals surface area (Å²) in [4.78, 5) is 24.2. The molecule has 2 N–H and O–H groups in total. The largest absolute Gasteiger partial charge is 0.481 e. The number of anilines is 2. The fraction of sp³-hybridized carbons (Fsp3) is 0.357. The van der Waals surface area contributed by atoms with Gasteiger partial charge in [-0.15, -0.1) is 0 Å². The Balaban J connectivity index is 1.94. The van der Waals surface area contributed by atoms with Gasteiger partial charge in [0.2, 0.25) is 5.91 Å². The Morgan fingerprint density at radius 1 is 0.970 bits per heavy atom. The number of benzene rings is 2. The lowest BCUT2D eigenvalue weighted by Crippen LogP contribution is -2.21. The van der Waals surface area contributed by atoms with Gasteiger partial charge in [0.1, 0.15) is 0 Å². The molecule has 0 fully saturated rings. The Hall–Kier alpha value is -3.34. The number of amides is 1. The Labute approximate surface area is 197 Å². The van der Waals surface area contributed by atoms with E-state index in [1.165, 1.54) is 5.56 Å². The molecule has 0 unspecified atom stereocenters. The number of rotatable bonds is 13. The molecule has 0 aromatic heterocycles. The molecule has 5 nitrogen and oxygen atoms in total. The normalized spacial score (nSPS) is 11.7. The van der Waals surface area contributed by atoms with E-state index in [4.69, 9.17) is 5.11 Å². The Morgan fingerprint density at radius 2 is 1.67 bits per heavy atom. The van der Waals surface area contributed by atoms with Gasteiger partial charge in [0.05, 0.1) is 0 Å². The molecule has 0 radical (unpaired) electrons. The first kappa shape index (κ1) is 25.9. The quantitative estimate of drug-likeness (QED) is 0.270. The van der Waals surface area contributed by atoms with Crippen LogP contribution in [0.25, 0.3) is 0 Å². The van der Waals surface area contributed by atoms with Gasteiger partial charge in [-0.3, -0.25) is 14.5 Å². The zero-order chi connectivity index (χ0) is 24.1. The van der Waals surface area contributed by atoms with Crippen molar-refractivity contribution in [2.24, 2.45) is 0 Å². The minimum absolute atomic E-state index is 0.0332. The minimum Gasteiger partial charge on any atom is -0.481 e. The lowest BCUT2D eigenvalue weighted by atomic mass is 9.80. The molecule has 0 saturated carbocycles. The second-order valence-corrected chi connectivity index (χ2v) is 8.76. The zero-order valence-electron chi connectivity index (χ0n) is 20.0. The van der Waals surface area contributed by atoms with E-state index in [-0.39, 0.29) is 17.7 Å². The molecule has 0 bridgehead atoms. The van der Waals surface area contributed by atoms with Gasteiger partial charge in [-0.1, -0.05) is 68.8 Å². The lowest BCUT2D eigenvalue weighted by Gasteiger charge is -2.27. The molecule has 2 aromatic carbocycles. The first-order valence-corrected chi connectivity index (χ1v) is 11.5. The van der Waals surface area contributed by atoms with E-state index in [0.717, 1.165) is 37.2 Å². The SMILES string of the molecule is CC(=O)N(/C=C/C=C/CC(C)(C)c1ccccc1NCCCCCC(=O)O)c1ccccc1. The molecule has 1 amide bonds. The number of hydrogen-bond acceptors (Lipinski definition) is 3. The number of nitrogens with one attached hydrogen (secondary N) is 1. The lowest BCUT2D eigenvalue weighted by molar-refractivity contribution is -0.137. The van der Waals surface area contributed by atoms with Crippen LogP contribution >= 0.6 is 0 Å². The van der Waals surface area contributed by atoms with Gasteiger partial charge in [-0.05, 0) is 54.5 Å². The van der Waals surface area contributed by atoms with Crippen molar-refractivity contribution in [3.8, 4) is 0 Å². The average molecular weight is 449 g/mol. The monoisotopic (exact) mass is 448 g/mol. The van der Waals surface area contributed by atoms with Crippen LogP contribution in [0.2, 0.25) is 0 Å². The number of hydrogen-bond donors (Lipinski definition) is 2. The van der Waals surface area contributed by atoms with Crippen LogP contribution in [-0.2, 0) is 15.0 Å². The summed E-state index contributed by atoms with van der Waals surface area (Å²) in [6.45, 7) is 6.83. The first-order chi connectivity index (χ1) is 15.8. The van der Waals surface area contributed by atoms with Crippen LogP contribution in [0.4, 0.5) is 11.4 Å². The van der Waals surface area contributed by atoms with Crippen molar-refractivity contribution in [3.63, 3.8) is 0 Å². The highest BCUT2D eigenvalue weighted by Crippen LogP contribution is 2.33. The number of carboxylic acids is 1. The smallest absolute Gasteiger partial charge is 0.303 e. The topological polar surface area (TPSA) is 69.6 Å². The summed E-state index contributed by atoms with van der Waals surface area (Å²) in [5.74, 6) is -0.763. The van der Waals surface area contributed by atoms with Gasteiger partial charge in [-0.2, -0.15) is 0 Å². The molecule has 0 aliphatic heterocycles. The van der Waals surface area contributed by atoms with Crippen molar-refractivity contribution in [1.82, 2.24) is 0 Å². The number of carboxylic acid groups (broad SMARTS) is 1. The highest BCUT2D eigenvalue weighted by Gasteiger charge is 2.21. The van der Waals surface area contributed by atoms with Crippen molar-refractivity contribution in [2.45, 2.75) is 58.3 Å². The van der Waals surface area contributed by atoms with E-state index < -0.39 is 5.97 Å². The predicted molar refractivity (Wildman–Crippen MR) is 137 cm³/mol. The summed E-state index contributed by atoms with van der Waals surface area (Å²) in [6, 6.07) is 17.9. The molecule has 176 valence electrons. The highest BCUT2D eigenvalue weighted by atomic mass is 16.4. The van der Waals surface area contributed by atoms with Crippen molar-refractivity contribution in [2.75, 3.05) is 16.8 Å². The van der Waals surface area contributed by atoms with Crippen LogP contribution in [-0.4, -0.2) is 23.5 Å². The molecule has 5 heteroatoms. The highest BCUT2D eigenvalue weighted by molar-refractivity contribution is 5.93.